The molecule has 1 spiro atoms. The van der Waals surface area contributed by atoms with Gasteiger partial charge in [0.2, 0.25) is 0 Å². The Labute approximate surface area is 189 Å². The van der Waals surface area contributed by atoms with Crippen molar-refractivity contribution in [1.82, 2.24) is 10.2 Å². The highest BCUT2D eigenvalue weighted by atomic mass is 16.5. The average molecular weight is 431 g/mol. The normalized spacial score (nSPS) is 21.6. The largest absolute Gasteiger partial charge is 0.482 e. The molecule has 0 aromatic heterocycles. The Balaban J connectivity index is 1.78. The quantitative estimate of drug-likeness (QED) is 0.561. The summed E-state index contributed by atoms with van der Waals surface area (Å²) in [7, 11) is 0. The number of likely N-dealkylation sites (N-methyl/N-ethyl adjacent to an activating group) is 1. The van der Waals surface area contributed by atoms with Crippen LogP contribution in [-0.4, -0.2) is 48.9 Å². The van der Waals surface area contributed by atoms with Crippen LogP contribution in [0.2, 0.25) is 0 Å². The van der Waals surface area contributed by atoms with Gasteiger partial charge in [-0.3, -0.25) is 9.59 Å². The third-order valence-electron chi connectivity index (χ3n) is 6.40. The van der Waals surface area contributed by atoms with Crippen molar-refractivity contribution < 1.29 is 14.3 Å². The van der Waals surface area contributed by atoms with Gasteiger partial charge in [0.25, 0.3) is 5.91 Å². The number of benzene rings is 1. The molecule has 5 heteroatoms. The first-order chi connectivity index (χ1) is 15.6. The van der Waals surface area contributed by atoms with E-state index in [9.17, 15) is 9.59 Å². The third-order valence-corrected chi connectivity index (χ3v) is 6.40. The van der Waals surface area contributed by atoms with E-state index in [0.717, 1.165) is 54.7 Å². The molecule has 0 atom stereocenters. The van der Waals surface area contributed by atoms with Crippen LogP contribution in [0, 0.1) is 0 Å². The van der Waals surface area contributed by atoms with Gasteiger partial charge in [-0.25, -0.2) is 0 Å². The van der Waals surface area contributed by atoms with Crippen molar-refractivity contribution in [3.8, 4) is 5.75 Å². The summed E-state index contributed by atoms with van der Waals surface area (Å²) in [5.74, 6) is 0.754. The summed E-state index contributed by atoms with van der Waals surface area (Å²) in [6.45, 7) is 7.09. The number of allylic oxidation sites excluding steroid dienone is 4. The molecule has 166 valence electrons. The van der Waals surface area contributed by atoms with Crippen LogP contribution >= 0.6 is 0 Å². The van der Waals surface area contributed by atoms with Gasteiger partial charge in [0, 0.05) is 37.1 Å². The summed E-state index contributed by atoms with van der Waals surface area (Å²) in [5, 5.41) is 3.40. The molecule has 4 rings (SSSR count). The Bertz CT molecular complexity index is 1060. The maximum Gasteiger partial charge on any atom is 0.261 e. The van der Waals surface area contributed by atoms with E-state index in [1.807, 2.05) is 56.4 Å². The first kappa shape index (κ1) is 22.1. The summed E-state index contributed by atoms with van der Waals surface area (Å²) in [6, 6.07) is 5.66. The second-order valence-electron chi connectivity index (χ2n) is 8.31. The molecule has 0 unspecified atom stereocenters. The summed E-state index contributed by atoms with van der Waals surface area (Å²) in [4.78, 5) is 26.4. The summed E-state index contributed by atoms with van der Waals surface area (Å²) < 4.78 is 6.48. The van der Waals surface area contributed by atoms with Gasteiger partial charge in [-0.1, -0.05) is 24.3 Å². The van der Waals surface area contributed by atoms with E-state index in [1.165, 1.54) is 0 Å². The second-order valence-corrected chi connectivity index (χ2v) is 8.31. The molecule has 5 nitrogen and oxygen atoms in total. The Morgan fingerprint density at radius 3 is 2.75 bits per heavy atom. The molecule has 1 aromatic rings. The topological polar surface area (TPSA) is 58.6 Å². The van der Waals surface area contributed by atoms with Crippen LogP contribution in [0.15, 0.2) is 65.5 Å². The monoisotopic (exact) mass is 430 g/mol. The fourth-order valence-electron chi connectivity index (χ4n) is 4.62. The van der Waals surface area contributed by atoms with E-state index >= 15 is 0 Å². The van der Waals surface area contributed by atoms with Crippen LogP contribution in [0.5, 0.6) is 5.75 Å². The highest BCUT2D eigenvalue weighted by Gasteiger charge is 2.38. The van der Waals surface area contributed by atoms with Crippen LogP contribution in [0.4, 0.5) is 0 Å². The van der Waals surface area contributed by atoms with Crippen molar-refractivity contribution in [3.63, 3.8) is 0 Å². The summed E-state index contributed by atoms with van der Waals surface area (Å²) >= 11 is 0. The van der Waals surface area contributed by atoms with E-state index in [-0.39, 0.29) is 11.5 Å². The lowest BCUT2D eigenvalue weighted by Gasteiger charge is -2.40. The number of rotatable bonds is 5. The van der Waals surface area contributed by atoms with Crippen LogP contribution in [-0.2, 0) is 4.79 Å². The Hall–Kier alpha value is -3.14. The average Bonchev–Trinajstić information content (AvgIpc) is 2.79. The number of hydrogen-bond acceptors (Lipinski definition) is 4. The number of carbonyl (C=O) groups is 2. The van der Waals surface area contributed by atoms with Gasteiger partial charge < -0.3 is 15.0 Å². The molecule has 1 fully saturated rings. The van der Waals surface area contributed by atoms with Crippen LogP contribution in [0.1, 0.15) is 49.0 Å². The van der Waals surface area contributed by atoms with E-state index in [1.54, 1.807) is 4.90 Å². The smallest absolute Gasteiger partial charge is 0.261 e. The van der Waals surface area contributed by atoms with Gasteiger partial charge in [0.05, 0.1) is 5.57 Å². The van der Waals surface area contributed by atoms with Crippen molar-refractivity contribution in [2.75, 3.05) is 26.2 Å². The molecular weight excluding hydrogens is 400 g/mol. The molecule has 0 saturated carbocycles. The minimum absolute atomic E-state index is 0.00752. The molecule has 1 aromatic carbocycles. The van der Waals surface area contributed by atoms with Crippen molar-refractivity contribution in [1.29, 1.82) is 0 Å². The maximum absolute atomic E-state index is 12.7. The lowest BCUT2D eigenvalue weighted by atomic mass is 9.81. The molecule has 1 saturated heterocycles. The SMILES string of the molecule is CCN(CC)C(=O)C1=C=C/C=C(/C2=CC3(CCNCC3)Oc3cccc(C=O)c32)C/C=C\1. The summed E-state index contributed by atoms with van der Waals surface area (Å²) in [5.41, 5.74) is 6.96. The second kappa shape index (κ2) is 9.56. The molecule has 32 heavy (non-hydrogen) atoms. The van der Waals surface area contributed by atoms with Crippen molar-refractivity contribution >= 4 is 17.8 Å². The molecule has 0 radical (unpaired) electrons. The zero-order valence-corrected chi connectivity index (χ0v) is 18.8. The van der Waals surface area contributed by atoms with Gasteiger partial charge in [0.1, 0.15) is 11.4 Å². The molecule has 1 N–H and O–H groups in total. The number of aldehydes is 1. The van der Waals surface area contributed by atoms with Crippen LogP contribution < -0.4 is 10.1 Å². The van der Waals surface area contributed by atoms with E-state index in [2.05, 4.69) is 17.1 Å². The zero-order chi connectivity index (χ0) is 22.6. The fraction of sp³-hybridized carbons (Fsp3) is 0.370. The van der Waals surface area contributed by atoms with Gasteiger partial charge in [-0.2, -0.15) is 0 Å². The van der Waals surface area contributed by atoms with Crippen LogP contribution in [0.3, 0.4) is 0 Å². The Kier molecular flexibility index (Phi) is 6.59. The third kappa shape index (κ3) is 4.27. The Morgan fingerprint density at radius 2 is 2.03 bits per heavy atom. The number of hydrogen-bond donors (Lipinski definition) is 1. The molecule has 2 heterocycles. The summed E-state index contributed by atoms with van der Waals surface area (Å²) in [6.07, 6.45) is 13.2. The first-order valence-corrected chi connectivity index (χ1v) is 11.4. The van der Waals surface area contributed by atoms with Gasteiger partial charge in [-0.15, -0.1) is 5.73 Å². The lowest BCUT2D eigenvalue weighted by Crippen LogP contribution is -2.46. The van der Waals surface area contributed by atoms with Crippen molar-refractivity contribution in [2.24, 2.45) is 0 Å². The number of amides is 1. The maximum atomic E-state index is 12.7. The number of fused-ring (bicyclic) bond motifs is 1. The highest BCUT2D eigenvalue weighted by molar-refractivity contribution is 5.97. The van der Waals surface area contributed by atoms with Crippen LogP contribution in [0.25, 0.3) is 5.57 Å². The first-order valence-electron chi connectivity index (χ1n) is 11.4. The number of carbonyl (C=O) groups excluding carboxylic acids is 2. The molecule has 2 aliphatic heterocycles. The standard InChI is InChI=1S/C27H30N2O3/c1-3-29(4-2)26(31)21-10-5-8-20(9-6-11-21)23-18-27(14-16-28-17-15-27)32-24-13-7-12-22(19-30)25(23)24/h5-8,11-13,18-19,28H,3-4,9,14-17H2,1-2H3/b11-6-,20-8+. The predicted molar refractivity (Wildman–Crippen MR) is 127 cm³/mol. The fourth-order valence-corrected chi connectivity index (χ4v) is 4.62. The molecule has 1 amide bonds. The van der Waals surface area contributed by atoms with Crippen molar-refractivity contribution in [3.05, 3.63) is 76.6 Å². The predicted octanol–water partition coefficient (Wildman–Crippen LogP) is 4.23. The number of nitrogens with zero attached hydrogens (tertiary/aromatic N) is 1. The van der Waals surface area contributed by atoms with Crippen molar-refractivity contribution in [2.45, 2.75) is 38.7 Å². The number of ether oxygens (including phenoxy) is 1. The molecular formula is C27H30N2O3. The Morgan fingerprint density at radius 1 is 1.25 bits per heavy atom. The molecule has 3 aliphatic rings. The number of nitrogens with one attached hydrogen (secondary N) is 1. The minimum atomic E-state index is -0.370. The van der Waals surface area contributed by atoms with E-state index in [0.29, 0.717) is 30.6 Å². The van der Waals surface area contributed by atoms with Gasteiger partial charge >= 0.3 is 0 Å². The van der Waals surface area contributed by atoms with Gasteiger partial charge in [0.15, 0.2) is 6.29 Å². The van der Waals surface area contributed by atoms with Gasteiger partial charge in [-0.05, 0) is 68.8 Å². The lowest BCUT2D eigenvalue weighted by molar-refractivity contribution is -0.126. The highest BCUT2D eigenvalue weighted by Crippen LogP contribution is 2.44. The number of piperidine rings is 1. The zero-order valence-electron chi connectivity index (χ0n) is 18.8. The van der Waals surface area contributed by atoms with E-state index in [4.69, 9.17) is 4.74 Å². The van der Waals surface area contributed by atoms with E-state index < -0.39 is 0 Å². The molecule has 1 aliphatic carbocycles. The molecule has 0 bridgehead atoms. The minimum Gasteiger partial charge on any atom is -0.482 e.